The number of carbonyl (C=O) groups excluding carboxylic acids is 1. The van der Waals surface area contributed by atoms with Gasteiger partial charge in [0.15, 0.2) is 0 Å². The summed E-state index contributed by atoms with van der Waals surface area (Å²) < 4.78 is 0. The molecule has 4 rings (SSSR count). The zero-order valence-corrected chi connectivity index (χ0v) is 19.0. The number of nitrogens with zero attached hydrogens (tertiary/aromatic N) is 4. The molecule has 1 aliphatic carbocycles. The Morgan fingerprint density at radius 3 is 2.66 bits per heavy atom. The molecule has 2 aromatic rings. The monoisotopic (exact) mass is 438 g/mol. The standard InChI is InChI=1S/C23H34N8O/c1-15-8-9-17(20(24)32)12-19(15)27-22-28-21(26-18-10-11-25-13-18)29-23(30-22)31(2)14-16-6-4-3-5-7-16/h8-9,12,16,18,25H,3-7,10-11,13-14H2,1-2H3,(H2,24,32)(H2,26,27,28,29,30)/t18-/m0/s1. The van der Waals surface area contributed by atoms with E-state index in [0.717, 1.165) is 37.3 Å². The molecule has 0 bridgehead atoms. The third-order valence-electron chi connectivity index (χ3n) is 6.38. The van der Waals surface area contributed by atoms with Crippen LogP contribution in [0, 0.1) is 12.8 Å². The highest BCUT2D eigenvalue weighted by molar-refractivity contribution is 5.94. The van der Waals surface area contributed by atoms with Crippen molar-refractivity contribution in [2.24, 2.45) is 11.7 Å². The van der Waals surface area contributed by atoms with Crippen LogP contribution >= 0.6 is 0 Å². The minimum Gasteiger partial charge on any atom is -0.366 e. The molecule has 2 aliphatic rings. The lowest BCUT2D eigenvalue weighted by molar-refractivity contribution is 0.100. The highest BCUT2D eigenvalue weighted by Gasteiger charge is 2.20. The van der Waals surface area contributed by atoms with E-state index in [1.54, 1.807) is 12.1 Å². The van der Waals surface area contributed by atoms with Gasteiger partial charge in [0.05, 0.1) is 0 Å². The van der Waals surface area contributed by atoms with Crippen LogP contribution in [0.2, 0.25) is 0 Å². The molecule has 1 amide bonds. The summed E-state index contributed by atoms with van der Waals surface area (Å²) in [6.45, 7) is 4.78. The van der Waals surface area contributed by atoms with Crippen molar-refractivity contribution < 1.29 is 4.79 Å². The summed E-state index contributed by atoms with van der Waals surface area (Å²) in [6.07, 6.45) is 7.50. The Bertz CT molecular complexity index is 938. The van der Waals surface area contributed by atoms with Crippen molar-refractivity contribution in [1.29, 1.82) is 0 Å². The number of benzene rings is 1. The maximum Gasteiger partial charge on any atom is 0.248 e. The molecule has 0 unspecified atom stereocenters. The molecule has 32 heavy (non-hydrogen) atoms. The fourth-order valence-corrected chi connectivity index (χ4v) is 4.49. The van der Waals surface area contributed by atoms with E-state index in [4.69, 9.17) is 15.7 Å². The Morgan fingerprint density at radius 2 is 1.94 bits per heavy atom. The number of anilines is 4. The van der Waals surface area contributed by atoms with Gasteiger partial charge in [0.25, 0.3) is 0 Å². The third kappa shape index (κ3) is 5.64. The molecule has 1 saturated carbocycles. The van der Waals surface area contributed by atoms with Gasteiger partial charge in [-0.25, -0.2) is 0 Å². The van der Waals surface area contributed by atoms with Gasteiger partial charge in [-0.2, -0.15) is 15.0 Å². The van der Waals surface area contributed by atoms with Crippen LogP contribution in [-0.4, -0.2) is 53.6 Å². The second kappa shape index (κ2) is 10.1. The summed E-state index contributed by atoms with van der Waals surface area (Å²) in [7, 11) is 2.05. The number of aromatic nitrogens is 3. The lowest BCUT2D eigenvalue weighted by atomic mass is 9.89. The van der Waals surface area contributed by atoms with Crippen molar-refractivity contribution in [3.63, 3.8) is 0 Å². The number of hydrogen-bond acceptors (Lipinski definition) is 8. The number of primary amides is 1. The molecule has 9 heteroatoms. The summed E-state index contributed by atoms with van der Waals surface area (Å²) in [5.74, 6) is 1.86. The second-order valence-electron chi connectivity index (χ2n) is 9.02. The van der Waals surface area contributed by atoms with E-state index in [9.17, 15) is 4.79 Å². The van der Waals surface area contributed by atoms with Gasteiger partial charge in [0.2, 0.25) is 23.8 Å². The molecule has 2 fully saturated rings. The van der Waals surface area contributed by atoms with E-state index >= 15 is 0 Å². The highest BCUT2D eigenvalue weighted by Crippen LogP contribution is 2.26. The van der Waals surface area contributed by atoms with Gasteiger partial charge in [0, 0.05) is 37.4 Å². The van der Waals surface area contributed by atoms with Crippen LogP contribution in [0.25, 0.3) is 0 Å². The van der Waals surface area contributed by atoms with Crippen LogP contribution in [0.4, 0.5) is 23.5 Å². The average molecular weight is 439 g/mol. The van der Waals surface area contributed by atoms with Crippen molar-refractivity contribution in [2.75, 3.05) is 42.2 Å². The molecule has 0 radical (unpaired) electrons. The Balaban J connectivity index is 1.59. The van der Waals surface area contributed by atoms with E-state index in [2.05, 4.69) is 25.8 Å². The maximum atomic E-state index is 11.6. The van der Waals surface area contributed by atoms with Crippen LogP contribution in [0.15, 0.2) is 18.2 Å². The topological polar surface area (TPSA) is 121 Å². The highest BCUT2D eigenvalue weighted by atomic mass is 16.1. The van der Waals surface area contributed by atoms with Gasteiger partial charge in [-0.3, -0.25) is 4.79 Å². The molecule has 1 saturated heterocycles. The molecule has 9 nitrogen and oxygen atoms in total. The number of nitrogens with two attached hydrogens (primary N) is 1. The van der Waals surface area contributed by atoms with E-state index < -0.39 is 5.91 Å². The van der Waals surface area contributed by atoms with Crippen molar-refractivity contribution >= 4 is 29.4 Å². The van der Waals surface area contributed by atoms with Gasteiger partial charge in [-0.1, -0.05) is 25.3 Å². The second-order valence-corrected chi connectivity index (χ2v) is 9.02. The van der Waals surface area contributed by atoms with Crippen molar-refractivity contribution in [2.45, 2.75) is 51.5 Å². The van der Waals surface area contributed by atoms with E-state index in [1.807, 2.05) is 20.0 Å². The van der Waals surface area contributed by atoms with Crippen LogP contribution < -0.4 is 26.6 Å². The summed E-state index contributed by atoms with van der Waals surface area (Å²) >= 11 is 0. The number of carbonyl (C=O) groups is 1. The van der Waals surface area contributed by atoms with Crippen molar-refractivity contribution in [1.82, 2.24) is 20.3 Å². The van der Waals surface area contributed by atoms with Crippen LogP contribution in [0.3, 0.4) is 0 Å². The number of hydrogen-bond donors (Lipinski definition) is 4. The molecular formula is C23H34N8O. The number of rotatable bonds is 8. The van der Waals surface area contributed by atoms with E-state index in [-0.39, 0.29) is 0 Å². The van der Waals surface area contributed by atoms with Crippen molar-refractivity contribution in [3.05, 3.63) is 29.3 Å². The Labute approximate surface area is 189 Å². The molecule has 5 N–H and O–H groups in total. The fourth-order valence-electron chi connectivity index (χ4n) is 4.49. The quantitative estimate of drug-likeness (QED) is 0.496. The van der Waals surface area contributed by atoms with E-state index in [1.165, 1.54) is 32.1 Å². The largest absolute Gasteiger partial charge is 0.366 e. The third-order valence-corrected chi connectivity index (χ3v) is 6.38. The number of nitrogens with one attached hydrogen (secondary N) is 3. The number of amides is 1. The van der Waals surface area contributed by atoms with E-state index in [0.29, 0.717) is 35.4 Å². The lowest BCUT2D eigenvalue weighted by Gasteiger charge is -2.27. The summed E-state index contributed by atoms with van der Waals surface area (Å²) in [4.78, 5) is 27.8. The first kappa shape index (κ1) is 22.3. The molecule has 0 spiro atoms. The molecule has 1 aromatic heterocycles. The first-order valence-corrected chi connectivity index (χ1v) is 11.6. The predicted octanol–water partition coefficient (Wildman–Crippen LogP) is 2.81. The maximum absolute atomic E-state index is 11.6. The van der Waals surface area contributed by atoms with Crippen molar-refractivity contribution in [3.8, 4) is 0 Å². The lowest BCUT2D eigenvalue weighted by Crippen LogP contribution is -2.29. The first-order chi connectivity index (χ1) is 15.5. The predicted molar refractivity (Wildman–Crippen MR) is 128 cm³/mol. The summed E-state index contributed by atoms with van der Waals surface area (Å²) in [5.41, 5.74) is 7.63. The summed E-state index contributed by atoms with van der Waals surface area (Å²) in [5, 5.41) is 10.1. The fraction of sp³-hybridized carbons (Fsp3) is 0.565. The zero-order valence-electron chi connectivity index (χ0n) is 19.0. The van der Waals surface area contributed by atoms with Crippen LogP contribution in [0.1, 0.15) is 54.4 Å². The Kier molecular flexibility index (Phi) is 7.04. The zero-order chi connectivity index (χ0) is 22.5. The van der Waals surface area contributed by atoms with Gasteiger partial charge in [-0.15, -0.1) is 0 Å². The van der Waals surface area contributed by atoms with Crippen LogP contribution in [-0.2, 0) is 0 Å². The Morgan fingerprint density at radius 1 is 1.16 bits per heavy atom. The van der Waals surface area contributed by atoms with Crippen LogP contribution in [0.5, 0.6) is 0 Å². The summed E-state index contributed by atoms with van der Waals surface area (Å²) in [6, 6.07) is 5.62. The molecule has 1 atom stereocenters. The molecule has 172 valence electrons. The average Bonchev–Trinajstić information content (AvgIpc) is 3.28. The minimum absolute atomic E-state index is 0.293. The van der Waals surface area contributed by atoms with Gasteiger partial charge < -0.3 is 26.6 Å². The van der Waals surface area contributed by atoms with Gasteiger partial charge >= 0.3 is 0 Å². The Hall–Kier alpha value is -2.94. The SMILES string of the molecule is Cc1ccc(C(N)=O)cc1Nc1nc(N[C@H]2CCNC2)nc(N(C)CC2CCCCC2)n1. The number of aryl methyl sites for hydroxylation is 1. The minimum atomic E-state index is -0.465. The molecule has 2 heterocycles. The molecule has 1 aromatic carbocycles. The smallest absolute Gasteiger partial charge is 0.248 e. The van der Waals surface area contributed by atoms with Gasteiger partial charge in [-0.05, 0) is 56.3 Å². The normalized spacial score (nSPS) is 19.0. The molecular weight excluding hydrogens is 404 g/mol. The first-order valence-electron chi connectivity index (χ1n) is 11.6. The molecule has 1 aliphatic heterocycles. The van der Waals surface area contributed by atoms with Gasteiger partial charge in [0.1, 0.15) is 0 Å².